The minimum Gasteiger partial charge on any atom is -0.496 e. The molecule has 0 saturated heterocycles. The van der Waals surface area contributed by atoms with Crippen molar-refractivity contribution in [1.29, 1.82) is 0 Å². The minimum atomic E-state index is -0.238. The smallest absolute Gasteiger partial charge is 0.270 e. The zero-order chi connectivity index (χ0) is 20.6. The minimum absolute atomic E-state index is 0.238. The number of nitrogens with one attached hydrogen (secondary N) is 1. The van der Waals surface area contributed by atoms with Crippen molar-refractivity contribution in [3.63, 3.8) is 0 Å². The Morgan fingerprint density at radius 1 is 1.07 bits per heavy atom. The lowest BCUT2D eigenvalue weighted by Gasteiger charge is -2.21. The van der Waals surface area contributed by atoms with E-state index in [-0.39, 0.29) is 5.91 Å². The van der Waals surface area contributed by atoms with Crippen LogP contribution in [0.15, 0.2) is 60.7 Å². The second-order valence-corrected chi connectivity index (χ2v) is 6.69. The largest absolute Gasteiger partial charge is 0.496 e. The number of carbonyl (C=O) groups is 1. The fourth-order valence-electron chi connectivity index (χ4n) is 3.05. The molecule has 0 spiro atoms. The number of ether oxygens (including phenoxy) is 1. The Morgan fingerprint density at radius 3 is 2.52 bits per heavy atom. The Balaban J connectivity index is 1.76. The predicted molar refractivity (Wildman–Crippen MR) is 114 cm³/mol. The highest BCUT2D eigenvalue weighted by Crippen LogP contribution is 2.17. The SMILES string of the molecule is CCN(Cc1ccccc1)c1nc(C)cc(C(=O)NCc2ccccc2OC)n1. The van der Waals surface area contributed by atoms with E-state index in [1.165, 1.54) is 5.56 Å². The number of para-hydroxylation sites is 1. The van der Waals surface area contributed by atoms with Crippen LogP contribution >= 0.6 is 0 Å². The summed E-state index contributed by atoms with van der Waals surface area (Å²) in [6, 6.07) is 19.5. The van der Waals surface area contributed by atoms with Crippen LogP contribution in [0, 0.1) is 6.92 Å². The Labute approximate surface area is 171 Å². The van der Waals surface area contributed by atoms with E-state index in [2.05, 4.69) is 39.2 Å². The van der Waals surface area contributed by atoms with Crippen LogP contribution in [0.2, 0.25) is 0 Å². The number of benzene rings is 2. The van der Waals surface area contributed by atoms with E-state index < -0.39 is 0 Å². The summed E-state index contributed by atoms with van der Waals surface area (Å²) in [4.78, 5) is 23.9. The molecule has 0 radical (unpaired) electrons. The molecule has 1 N–H and O–H groups in total. The van der Waals surface area contributed by atoms with Crippen LogP contribution in [0.3, 0.4) is 0 Å². The number of nitrogens with zero attached hydrogens (tertiary/aromatic N) is 3. The number of hydrogen-bond donors (Lipinski definition) is 1. The second kappa shape index (κ2) is 9.68. The van der Waals surface area contributed by atoms with E-state index >= 15 is 0 Å². The summed E-state index contributed by atoms with van der Waals surface area (Å²) in [6.45, 7) is 5.71. The zero-order valence-corrected chi connectivity index (χ0v) is 17.1. The van der Waals surface area contributed by atoms with Crippen LogP contribution < -0.4 is 15.0 Å². The topological polar surface area (TPSA) is 67.4 Å². The van der Waals surface area contributed by atoms with Crippen LogP contribution in [0.1, 0.15) is 34.2 Å². The lowest BCUT2D eigenvalue weighted by atomic mass is 10.2. The van der Waals surface area contributed by atoms with Crippen molar-refractivity contribution >= 4 is 11.9 Å². The lowest BCUT2D eigenvalue weighted by Crippen LogP contribution is -2.28. The molecule has 0 aliphatic heterocycles. The average Bonchev–Trinajstić information content (AvgIpc) is 2.76. The van der Waals surface area contributed by atoms with E-state index in [0.29, 0.717) is 24.7 Å². The first-order valence-electron chi connectivity index (χ1n) is 9.65. The van der Waals surface area contributed by atoms with Crippen LogP contribution in [0.5, 0.6) is 5.75 Å². The van der Waals surface area contributed by atoms with Gasteiger partial charge in [-0.05, 0) is 31.5 Å². The molecule has 2 aromatic carbocycles. The summed E-state index contributed by atoms with van der Waals surface area (Å²) < 4.78 is 5.34. The molecule has 0 atom stereocenters. The third-order valence-electron chi connectivity index (χ3n) is 4.59. The number of aryl methyl sites for hydroxylation is 1. The van der Waals surface area contributed by atoms with E-state index in [1.54, 1.807) is 13.2 Å². The first-order valence-corrected chi connectivity index (χ1v) is 9.65. The molecule has 3 aromatic rings. The van der Waals surface area contributed by atoms with E-state index in [9.17, 15) is 4.79 Å². The molecule has 0 aliphatic rings. The van der Waals surface area contributed by atoms with Gasteiger partial charge in [0, 0.05) is 30.9 Å². The third-order valence-corrected chi connectivity index (χ3v) is 4.59. The van der Waals surface area contributed by atoms with Gasteiger partial charge in [-0.25, -0.2) is 9.97 Å². The predicted octanol–water partition coefficient (Wildman–Crippen LogP) is 3.75. The van der Waals surface area contributed by atoms with Crippen molar-refractivity contribution in [2.45, 2.75) is 26.9 Å². The van der Waals surface area contributed by atoms with Gasteiger partial charge in [0.25, 0.3) is 5.91 Å². The molecular weight excluding hydrogens is 364 g/mol. The summed E-state index contributed by atoms with van der Waals surface area (Å²) in [7, 11) is 1.62. The zero-order valence-electron chi connectivity index (χ0n) is 17.1. The van der Waals surface area contributed by atoms with E-state index in [4.69, 9.17) is 4.74 Å². The van der Waals surface area contributed by atoms with Gasteiger partial charge in [0.05, 0.1) is 7.11 Å². The van der Waals surface area contributed by atoms with Crippen molar-refractivity contribution in [3.05, 3.63) is 83.2 Å². The summed E-state index contributed by atoms with van der Waals surface area (Å²) in [6.07, 6.45) is 0. The van der Waals surface area contributed by atoms with Gasteiger partial charge >= 0.3 is 0 Å². The van der Waals surface area contributed by atoms with Crippen LogP contribution in [-0.2, 0) is 13.1 Å². The Hall–Kier alpha value is -3.41. The quantitative estimate of drug-likeness (QED) is 0.634. The maximum Gasteiger partial charge on any atom is 0.270 e. The molecule has 150 valence electrons. The number of rotatable bonds is 8. The molecule has 6 nitrogen and oxygen atoms in total. The molecule has 0 unspecified atom stereocenters. The fraction of sp³-hybridized carbons (Fsp3) is 0.261. The summed E-state index contributed by atoms with van der Waals surface area (Å²) >= 11 is 0. The Morgan fingerprint density at radius 2 is 1.79 bits per heavy atom. The van der Waals surface area contributed by atoms with Crippen LogP contribution in [-0.4, -0.2) is 29.5 Å². The molecule has 0 fully saturated rings. The summed E-state index contributed by atoms with van der Waals surface area (Å²) in [5.74, 6) is 1.06. The summed E-state index contributed by atoms with van der Waals surface area (Å²) in [5, 5.41) is 2.92. The second-order valence-electron chi connectivity index (χ2n) is 6.69. The fourth-order valence-corrected chi connectivity index (χ4v) is 3.05. The van der Waals surface area contributed by atoms with Gasteiger partial charge in [-0.2, -0.15) is 0 Å². The molecule has 1 aromatic heterocycles. The molecular formula is C23H26N4O2. The van der Waals surface area contributed by atoms with Gasteiger partial charge in [-0.15, -0.1) is 0 Å². The van der Waals surface area contributed by atoms with Gasteiger partial charge in [0.15, 0.2) is 0 Å². The first-order chi connectivity index (χ1) is 14.1. The Bertz CT molecular complexity index is 960. The van der Waals surface area contributed by atoms with Gasteiger partial charge < -0.3 is 15.0 Å². The highest BCUT2D eigenvalue weighted by Gasteiger charge is 2.15. The van der Waals surface area contributed by atoms with Crippen molar-refractivity contribution in [1.82, 2.24) is 15.3 Å². The first kappa shape index (κ1) is 20.3. The molecule has 3 rings (SSSR count). The normalized spacial score (nSPS) is 10.4. The van der Waals surface area contributed by atoms with E-state index in [1.807, 2.05) is 49.4 Å². The van der Waals surface area contributed by atoms with Crippen molar-refractivity contribution < 1.29 is 9.53 Å². The number of aromatic nitrogens is 2. The van der Waals surface area contributed by atoms with Crippen molar-refractivity contribution in [2.75, 3.05) is 18.6 Å². The molecule has 0 bridgehead atoms. The van der Waals surface area contributed by atoms with Gasteiger partial charge in [-0.1, -0.05) is 48.5 Å². The van der Waals surface area contributed by atoms with Gasteiger partial charge in [-0.3, -0.25) is 4.79 Å². The van der Waals surface area contributed by atoms with Gasteiger partial charge in [0.2, 0.25) is 5.95 Å². The molecule has 29 heavy (non-hydrogen) atoms. The average molecular weight is 390 g/mol. The monoisotopic (exact) mass is 390 g/mol. The maximum absolute atomic E-state index is 12.7. The standard InChI is InChI=1S/C23H26N4O2/c1-4-27(16-18-10-6-5-7-11-18)23-25-17(2)14-20(26-23)22(28)24-15-19-12-8-9-13-21(19)29-3/h5-14H,4,15-16H2,1-3H3,(H,24,28). The van der Waals surface area contributed by atoms with Crippen molar-refractivity contribution in [3.8, 4) is 5.75 Å². The van der Waals surface area contributed by atoms with Gasteiger partial charge in [0.1, 0.15) is 11.4 Å². The number of hydrogen-bond acceptors (Lipinski definition) is 5. The molecule has 0 aliphatic carbocycles. The van der Waals surface area contributed by atoms with Crippen LogP contribution in [0.25, 0.3) is 0 Å². The number of amides is 1. The number of methoxy groups -OCH3 is 1. The lowest BCUT2D eigenvalue weighted by molar-refractivity contribution is 0.0945. The molecule has 1 amide bonds. The number of anilines is 1. The third kappa shape index (κ3) is 5.31. The van der Waals surface area contributed by atoms with Crippen molar-refractivity contribution in [2.24, 2.45) is 0 Å². The molecule has 0 saturated carbocycles. The molecule has 1 heterocycles. The molecule has 6 heteroatoms. The Kier molecular flexibility index (Phi) is 6.79. The van der Waals surface area contributed by atoms with E-state index in [0.717, 1.165) is 23.6 Å². The maximum atomic E-state index is 12.7. The highest BCUT2D eigenvalue weighted by atomic mass is 16.5. The number of carbonyl (C=O) groups excluding carboxylic acids is 1. The highest BCUT2D eigenvalue weighted by molar-refractivity contribution is 5.92. The van der Waals surface area contributed by atoms with Crippen LogP contribution in [0.4, 0.5) is 5.95 Å². The summed E-state index contributed by atoms with van der Waals surface area (Å²) in [5.41, 5.74) is 3.19.